The van der Waals surface area contributed by atoms with Crippen molar-refractivity contribution in [1.82, 2.24) is 0 Å². The summed E-state index contributed by atoms with van der Waals surface area (Å²) in [4.78, 5) is 12.8. The number of ether oxygens (including phenoxy) is 6. The number of hydrogen-bond donors (Lipinski definition) is 7. The van der Waals surface area contributed by atoms with Gasteiger partial charge in [0.1, 0.15) is 77.4 Å². The van der Waals surface area contributed by atoms with E-state index in [1.54, 1.807) is 24.3 Å². The van der Waals surface area contributed by atoms with Gasteiger partial charge < -0.3 is 64.2 Å². The Hall–Kier alpha value is -3.05. The standard InChI is InChI=1S/C27H32O14/c1-36-12-4-2-11(3-5-12)16-8-15(30)20-14(29)6-13(7-17(20)39-16)38-27-25(35)23(33)22(32)19(41-27)10-37-26-24(34)21(31)18(9-28)40-26/h2-7,16,18-19,21-29,31-35H,8-10H2,1H3/t16?,18-,19+,21-,22+,23-,24+,25+,26+,27+/m0/s1. The van der Waals surface area contributed by atoms with E-state index >= 15 is 0 Å². The van der Waals surface area contributed by atoms with Crippen LogP contribution in [0.1, 0.15) is 28.4 Å². The molecule has 1 unspecified atom stereocenters. The summed E-state index contributed by atoms with van der Waals surface area (Å²) in [5, 5.41) is 71.1. The number of aromatic hydroxyl groups is 1. The van der Waals surface area contributed by atoms with Crippen LogP contribution in [-0.4, -0.2) is 117 Å². The zero-order valence-electron chi connectivity index (χ0n) is 21.8. The molecule has 2 saturated heterocycles. The minimum atomic E-state index is -1.74. The molecule has 14 nitrogen and oxygen atoms in total. The number of aliphatic hydroxyl groups is 6. The monoisotopic (exact) mass is 580 g/mol. The number of carbonyl (C=O) groups is 1. The highest BCUT2D eigenvalue weighted by Gasteiger charge is 2.47. The van der Waals surface area contributed by atoms with Gasteiger partial charge in [-0.05, 0) is 17.7 Å². The van der Waals surface area contributed by atoms with E-state index in [0.717, 1.165) is 6.07 Å². The third-order valence-corrected chi connectivity index (χ3v) is 7.31. The molecule has 3 heterocycles. The van der Waals surface area contributed by atoms with Gasteiger partial charge in [0.05, 0.1) is 26.7 Å². The molecule has 5 rings (SSSR count). The molecular weight excluding hydrogens is 548 g/mol. The van der Waals surface area contributed by atoms with Crippen LogP contribution in [-0.2, 0) is 14.2 Å². The van der Waals surface area contributed by atoms with Gasteiger partial charge in [0.2, 0.25) is 6.29 Å². The maximum atomic E-state index is 12.8. The first-order valence-electron chi connectivity index (χ1n) is 12.9. The number of phenolic OH excluding ortho intramolecular Hbond substituents is 1. The number of methoxy groups -OCH3 is 1. The van der Waals surface area contributed by atoms with Gasteiger partial charge in [0, 0.05) is 12.1 Å². The predicted molar refractivity (Wildman–Crippen MR) is 134 cm³/mol. The molecule has 7 N–H and O–H groups in total. The summed E-state index contributed by atoms with van der Waals surface area (Å²) in [5.74, 6) is -0.186. The van der Waals surface area contributed by atoms with Crippen LogP contribution in [0.4, 0.5) is 0 Å². The van der Waals surface area contributed by atoms with Crippen molar-refractivity contribution in [3.63, 3.8) is 0 Å². The molecule has 0 bridgehead atoms. The zero-order valence-corrected chi connectivity index (χ0v) is 21.8. The summed E-state index contributed by atoms with van der Waals surface area (Å²) < 4.78 is 33.1. The zero-order chi connectivity index (χ0) is 29.4. The number of rotatable bonds is 8. The number of fused-ring (bicyclic) bond motifs is 1. The van der Waals surface area contributed by atoms with Gasteiger partial charge in [-0.3, -0.25) is 4.79 Å². The van der Waals surface area contributed by atoms with Crippen molar-refractivity contribution >= 4 is 5.78 Å². The van der Waals surface area contributed by atoms with E-state index in [4.69, 9.17) is 28.4 Å². The maximum Gasteiger partial charge on any atom is 0.229 e. The first-order valence-corrected chi connectivity index (χ1v) is 12.9. The Morgan fingerprint density at radius 3 is 2.17 bits per heavy atom. The fourth-order valence-corrected chi connectivity index (χ4v) is 4.97. The lowest BCUT2D eigenvalue weighted by Gasteiger charge is -2.40. The molecule has 14 heteroatoms. The van der Waals surface area contributed by atoms with Crippen molar-refractivity contribution < 1.29 is 69.0 Å². The molecule has 41 heavy (non-hydrogen) atoms. The second-order valence-electron chi connectivity index (χ2n) is 10.00. The molecule has 10 atom stereocenters. The number of carbonyl (C=O) groups excluding carboxylic acids is 1. The molecule has 2 aromatic carbocycles. The minimum Gasteiger partial charge on any atom is -0.507 e. The molecule has 0 spiro atoms. The van der Waals surface area contributed by atoms with Crippen LogP contribution >= 0.6 is 0 Å². The summed E-state index contributed by atoms with van der Waals surface area (Å²) >= 11 is 0. The van der Waals surface area contributed by atoms with Crippen molar-refractivity contribution in [3.05, 3.63) is 47.5 Å². The van der Waals surface area contributed by atoms with Gasteiger partial charge in [-0.1, -0.05) is 12.1 Å². The first-order chi connectivity index (χ1) is 19.6. The highest BCUT2D eigenvalue weighted by Crippen LogP contribution is 2.42. The molecule has 0 amide bonds. The van der Waals surface area contributed by atoms with Gasteiger partial charge in [-0.15, -0.1) is 0 Å². The minimum absolute atomic E-state index is 0.0151. The fraction of sp³-hybridized carbons (Fsp3) is 0.519. The number of hydrogen-bond acceptors (Lipinski definition) is 14. The molecule has 0 aromatic heterocycles. The Bertz CT molecular complexity index is 1220. The van der Waals surface area contributed by atoms with Crippen molar-refractivity contribution in [3.8, 4) is 23.0 Å². The Morgan fingerprint density at radius 2 is 1.51 bits per heavy atom. The van der Waals surface area contributed by atoms with E-state index in [0.29, 0.717) is 11.3 Å². The molecule has 224 valence electrons. The van der Waals surface area contributed by atoms with E-state index in [9.17, 15) is 40.5 Å². The van der Waals surface area contributed by atoms with Crippen LogP contribution in [0, 0.1) is 0 Å². The van der Waals surface area contributed by atoms with E-state index in [1.165, 1.54) is 13.2 Å². The third-order valence-electron chi connectivity index (χ3n) is 7.31. The molecule has 3 aliphatic rings. The predicted octanol–water partition coefficient (Wildman–Crippen LogP) is -1.25. The topological polar surface area (TPSA) is 214 Å². The van der Waals surface area contributed by atoms with E-state index in [-0.39, 0.29) is 29.3 Å². The van der Waals surface area contributed by atoms with Gasteiger partial charge in [-0.25, -0.2) is 0 Å². The summed E-state index contributed by atoms with van der Waals surface area (Å²) in [6.45, 7) is -1.03. The van der Waals surface area contributed by atoms with Gasteiger partial charge in [-0.2, -0.15) is 0 Å². The van der Waals surface area contributed by atoms with Crippen LogP contribution in [0.2, 0.25) is 0 Å². The van der Waals surface area contributed by atoms with Crippen molar-refractivity contribution in [2.75, 3.05) is 20.3 Å². The summed E-state index contributed by atoms with van der Waals surface area (Å²) in [6, 6.07) is 9.42. The number of aliphatic hydroxyl groups excluding tert-OH is 6. The smallest absolute Gasteiger partial charge is 0.229 e. The Balaban J connectivity index is 1.29. The molecule has 3 aliphatic heterocycles. The van der Waals surface area contributed by atoms with Crippen LogP contribution < -0.4 is 14.2 Å². The lowest BCUT2D eigenvalue weighted by Crippen LogP contribution is -2.60. The van der Waals surface area contributed by atoms with Crippen molar-refractivity contribution in [2.24, 2.45) is 0 Å². The van der Waals surface area contributed by atoms with Gasteiger partial charge in [0.25, 0.3) is 0 Å². The van der Waals surface area contributed by atoms with Crippen LogP contribution in [0.5, 0.6) is 23.0 Å². The molecule has 2 fully saturated rings. The SMILES string of the molecule is COc1ccc(C2CC(=O)c3c(O)cc(O[C@@H]4O[C@H](CO[C@@H]5O[C@@H](CO)[C@H](O)[C@H]5O)[C@@H](O)[C@H](O)[C@H]4O)cc3O2)cc1. The summed E-state index contributed by atoms with van der Waals surface area (Å²) in [6.07, 6.45) is -14.0. The summed E-state index contributed by atoms with van der Waals surface area (Å²) in [5.41, 5.74) is 0.670. The second kappa shape index (κ2) is 12.1. The first kappa shape index (κ1) is 29.4. The Kier molecular flexibility index (Phi) is 8.65. The fourth-order valence-electron chi connectivity index (χ4n) is 4.97. The number of Topliss-reactive ketones (excluding diaryl/α,β-unsaturated/α-hetero) is 1. The molecule has 0 aliphatic carbocycles. The van der Waals surface area contributed by atoms with Gasteiger partial charge in [0.15, 0.2) is 12.1 Å². The number of benzene rings is 2. The molecule has 2 aromatic rings. The third kappa shape index (κ3) is 5.83. The number of phenols is 1. The van der Waals surface area contributed by atoms with Crippen LogP contribution in [0.25, 0.3) is 0 Å². The quantitative estimate of drug-likeness (QED) is 0.194. The normalized spacial score (nSPS) is 35.0. The largest absolute Gasteiger partial charge is 0.507 e. The summed E-state index contributed by atoms with van der Waals surface area (Å²) in [7, 11) is 1.53. The van der Waals surface area contributed by atoms with Crippen LogP contribution in [0.3, 0.4) is 0 Å². The highest BCUT2D eigenvalue weighted by atomic mass is 16.7. The van der Waals surface area contributed by atoms with E-state index < -0.39 is 80.4 Å². The average Bonchev–Trinajstić information content (AvgIpc) is 3.24. The van der Waals surface area contributed by atoms with E-state index in [1.807, 2.05) is 0 Å². The average molecular weight is 581 g/mol. The maximum absolute atomic E-state index is 12.8. The lowest BCUT2D eigenvalue weighted by atomic mass is 9.95. The van der Waals surface area contributed by atoms with Crippen LogP contribution in [0.15, 0.2) is 36.4 Å². The van der Waals surface area contributed by atoms with Crippen molar-refractivity contribution in [1.29, 1.82) is 0 Å². The highest BCUT2D eigenvalue weighted by molar-refractivity contribution is 6.02. The molecule has 0 saturated carbocycles. The van der Waals surface area contributed by atoms with E-state index in [2.05, 4.69) is 0 Å². The lowest BCUT2D eigenvalue weighted by molar-refractivity contribution is -0.290. The van der Waals surface area contributed by atoms with Crippen molar-refractivity contribution in [2.45, 2.75) is 67.8 Å². The number of ketones is 1. The Labute approximate surface area is 233 Å². The second-order valence-corrected chi connectivity index (χ2v) is 10.00. The Morgan fingerprint density at radius 1 is 0.854 bits per heavy atom. The molecule has 0 radical (unpaired) electrons. The molecular formula is C27H32O14. The van der Waals surface area contributed by atoms with Gasteiger partial charge >= 0.3 is 0 Å².